The van der Waals surface area contributed by atoms with Crippen LogP contribution >= 0.6 is 0 Å². The van der Waals surface area contributed by atoms with Crippen molar-refractivity contribution in [2.45, 2.75) is 38.0 Å². The van der Waals surface area contributed by atoms with Crippen LogP contribution in [0.2, 0.25) is 0 Å². The SMILES string of the molecule is CCOC1CC(NCCCN)C1OC. The molecule has 4 heteroatoms. The molecule has 1 saturated carbocycles. The van der Waals surface area contributed by atoms with Crippen LogP contribution in [0.5, 0.6) is 0 Å². The molecular weight excluding hydrogens is 180 g/mol. The molecule has 0 radical (unpaired) electrons. The number of nitrogens with two attached hydrogens (primary N) is 1. The molecule has 4 nitrogen and oxygen atoms in total. The van der Waals surface area contributed by atoms with Gasteiger partial charge < -0.3 is 20.5 Å². The van der Waals surface area contributed by atoms with Crippen molar-refractivity contribution in [3.63, 3.8) is 0 Å². The molecule has 3 N–H and O–H groups in total. The van der Waals surface area contributed by atoms with Crippen molar-refractivity contribution in [1.29, 1.82) is 0 Å². The maximum absolute atomic E-state index is 5.53. The largest absolute Gasteiger partial charge is 0.377 e. The van der Waals surface area contributed by atoms with Crippen LogP contribution in [0.3, 0.4) is 0 Å². The lowest BCUT2D eigenvalue weighted by atomic mass is 9.85. The first-order valence-corrected chi connectivity index (χ1v) is 5.41. The molecule has 0 heterocycles. The fourth-order valence-corrected chi connectivity index (χ4v) is 1.86. The molecule has 0 aromatic heterocycles. The summed E-state index contributed by atoms with van der Waals surface area (Å²) in [5.41, 5.74) is 5.42. The van der Waals surface area contributed by atoms with Gasteiger partial charge in [-0.15, -0.1) is 0 Å². The minimum Gasteiger partial charge on any atom is -0.377 e. The van der Waals surface area contributed by atoms with E-state index in [0.29, 0.717) is 6.04 Å². The number of hydrogen-bond donors (Lipinski definition) is 2. The van der Waals surface area contributed by atoms with Gasteiger partial charge in [0.25, 0.3) is 0 Å². The zero-order valence-electron chi connectivity index (χ0n) is 9.16. The summed E-state index contributed by atoms with van der Waals surface area (Å²) in [7, 11) is 1.74. The van der Waals surface area contributed by atoms with Crippen molar-refractivity contribution < 1.29 is 9.47 Å². The van der Waals surface area contributed by atoms with Gasteiger partial charge in [0.15, 0.2) is 0 Å². The van der Waals surface area contributed by atoms with Gasteiger partial charge in [-0.1, -0.05) is 0 Å². The Labute approximate surface area is 86.1 Å². The highest BCUT2D eigenvalue weighted by Crippen LogP contribution is 2.26. The van der Waals surface area contributed by atoms with Gasteiger partial charge in [0.1, 0.15) is 0 Å². The van der Waals surface area contributed by atoms with E-state index >= 15 is 0 Å². The third-order valence-electron chi connectivity index (χ3n) is 2.69. The third kappa shape index (κ3) is 2.92. The molecule has 0 aromatic rings. The number of hydrogen-bond acceptors (Lipinski definition) is 4. The molecule has 3 atom stereocenters. The van der Waals surface area contributed by atoms with Gasteiger partial charge in [-0.2, -0.15) is 0 Å². The van der Waals surface area contributed by atoms with Crippen LogP contribution in [-0.4, -0.2) is 45.1 Å². The van der Waals surface area contributed by atoms with Crippen molar-refractivity contribution in [3.8, 4) is 0 Å². The van der Waals surface area contributed by atoms with Crippen molar-refractivity contribution in [3.05, 3.63) is 0 Å². The molecular formula is C10H22N2O2. The number of ether oxygens (including phenoxy) is 2. The molecule has 0 aliphatic heterocycles. The fraction of sp³-hybridized carbons (Fsp3) is 1.00. The topological polar surface area (TPSA) is 56.5 Å². The van der Waals surface area contributed by atoms with E-state index in [9.17, 15) is 0 Å². The summed E-state index contributed by atoms with van der Waals surface area (Å²) in [6.45, 7) is 4.49. The fourth-order valence-electron chi connectivity index (χ4n) is 1.86. The predicted octanol–water partition coefficient (Wildman–Crippen LogP) is 0.117. The smallest absolute Gasteiger partial charge is 0.0986 e. The van der Waals surface area contributed by atoms with E-state index in [1.807, 2.05) is 6.92 Å². The van der Waals surface area contributed by atoms with Crippen LogP contribution in [-0.2, 0) is 9.47 Å². The summed E-state index contributed by atoms with van der Waals surface area (Å²) in [6, 6.07) is 0.447. The van der Waals surface area contributed by atoms with Gasteiger partial charge in [-0.25, -0.2) is 0 Å². The molecule has 14 heavy (non-hydrogen) atoms. The number of rotatable bonds is 7. The first-order valence-electron chi connectivity index (χ1n) is 5.41. The molecule has 1 aliphatic carbocycles. The van der Waals surface area contributed by atoms with E-state index in [4.69, 9.17) is 15.2 Å². The summed E-state index contributed by atoms with van der Waals surface area (Å²) in [5, 5.41) is 3.42. The van der Waals surface area contributed by atoms with Crippen molar-refractivity contribution >= 4 is 0 Å². The maximum Gasteiger partial charge on any atom is 0.0986 e. The maximum atomic E-state index is 5.53. The molecule has 0 saturated heterocycles. The first-order chi connectivity index (χ1) is 6.83. The molecule has 1 rings (SSSR count). The summed E-state index contributed by atoms with van der Waals surface area (Å²) >= 11 is 0. The second kappa shape index (κ2) is 6.35. The normalized spacial score (nSPS) is 31.5. The third-order valence-corrected chi connectivity index (χ3v) is 2.69. The number of nitrogens with one attached hydrogen (secondary N) is 1. The Morgan fingerprint density at radius 3 is 2.86 bits per heavy atom. The minimum absolute atomic E-state index is 0.215. The van der Waals surface area contributed by atoms with E-state index in [1.165, 1.54) is 0 Å². The van der Waals surface area contributed by atoms with E-state index in [0.717, 1.165) is 32.5 Å². The average Bonchev–Trinajstić information content (AvgIpc) is 2.16. The van der Waals surface area contributed by atoms with E-state index in [1.54, 1.807) is 7.11 Å². The lowest BCUT2D eigenvalue weighted by molar-refractivity contribution is -0.131. The molecule has 84 valence electrons. The van der Waals surface area contributed by atoms with Gasteiger partial charge in [0, 0.05) is 19.8 Å². The second-order valence-electron chi connectivity index (χ2n) is 3.63. The highest BCUT2D eigenvalue weighted by atomic mass is 16.5. The van der Waals surface area contributed by atoms with Crippen LogP contribution in [0.1, 0.15) is 19.8 Å². The summed E-state index contributed by atoms with van der Waals surface area (Å²) in [4.78, 5) is 0. The molecule has 0 bridgehead atoms. The molecule has 1 aliphatic rings. The highest BCUT2D eigenvalue weighted by Gasteiger charge is 2.41. The Bertz CT molecular complexity index is 153. The zero-order valence-corrected chi connectivity index (χ0v) is 9.16. The molecule has 1 fully saturated rings. The molecule has 3 unspecified atom stereocenters. The molecule has 0 spiro atoms. The van der Waals surface area contributed by atoms with Crippen LogP contribution < -0.4 is 11.1 Å². The predicted molar refractivity (Wildman–Crippen MR) is 56.3 cm³/mol. The van der Waals surface area contributed by atoms with E-state index < -0.39 is 0 Å². The molecule has 0 aromatic carbocycles. The van der Waals surface area contributed by atoms with E-state index in [2.05, 4.69) is 5.32 Å². The quantitative estimate of drug-likeness (QED) is 0.576. The van der Waals surface area contributed by atoms with Gasteiger partial charge in [-0.05, 0) is 32.9 Å². The van der Waals surface area contributed by atoms with Gasteiger partial charge in [0.2, 0.25) is 0 Å². The Balaban J connectivity index is 2.16. The summed E-state index contributed by atoms with van der Waals surface area (Å²) < 4.78 is 10.9. The number of methoxy groups -OCH3 is 1. The monoisotopic (exact) mass is 202 g/mol. The van der Waals surface area contributed by atoms with Crippen LogP contribution in [0, 0.1) is 0 Å². The lowest BCUT2D eigenvalue weighted by Gasteiger charge is -2.43. The standard InChI is InChI=1S/C10H22N2O2/c1-3-14-9-7-8(10(9)13-2)12-6-4-5-11/h8-10,12H,3-7,11H2,1-2H3. The van der Waals surface area contributed by atoms with Crippen molar-refractivity contribution in [1.82, 2.24) is 5.32 Å². The second-order valence-corrected chi connectivity index (χ2v) is 3.63. The molecule has 0 amide bonds. The Morgan fingerprint density at radius 1 is 1.50 bits per heavy atom. The highest BCUT2D eigenvalue weighted by molar-refractivity contribution is 4.96. The summed E-state index contributed by atoms with van der Waals surface area (Å²) in [5.74, 6) is 0. The summed E-state index contributed by atoms with van der Waals surface area (Å²) in [6.07, 6.45) is 2.57. The van der Waals surface area contributed by atoms with Crippen LogP contribution in [0.4, 0.5) is 0 Å². The van der Waals surface area contributed by atoms with Crippen LogP contribution in [0.15, 0.2) is 0 Å². The lowest BCUT2D eigenvalue weighted by Crippen LogP contribution is -2.60. The zero-order chi connectivity index (χ0) is 10.4. The minimum atomic E-state index is 0.215. The Kier molecular flexibility index (Phi) is 5.40. The van der Waals surface area contributed by atoms with Crippen LogP contribution in [0.25, 0.3) is 0 Å². The van der Waals surface area contributed by atoms with Gasteiger partial charge in [-0.3, -0.25) is 0 Å². The van der Waals surface area contributed by atoms with Crippen molar-refractivity contribution in [2.75, 3.05) is 26.8 Å². The first kappa shape index (κ1) is 11.9. The Hall–Kier alpha value is -0.160. The van der Waals surface area contributed by atoms with Crippen molar-refractivity contribution in [2.24, 2.45) is 5.73 Å². The average molecular weight is 202 g/mol. The van der Waals surface area contributed by atoms with Gasteiger partial charge >= 0.3 is 0 Å². The van der Waals surface area contributed by atoms with E-state index in [-0.39, 0.29) is 12.2 Å². The Morgan fingerprint density at radius 2 is 2.29 bits per heavy atom. The van der Waals surface area contributed by atoms with Gasteiger partial charge in [0.05, 0.1) is 12.2 Å².